The van der Waals surface area contributed by atoms with E-state index in [4.69, 9.17) is 10.1 Å². The van der Waals surface area contributed by atoms with Crippen LogP contribution in [0.25, 0.3) is 11.3 Å². The molecule has 4 nitrogen and oxygen atoms in total. The van der Waals surface area contributed by atoms with E-state index in [0.29, 0.717) is 17.8 Å². The van der Waals surface area contributed by atoms with E-state index in [0.717, 1.165) is 22.5 Å². The van der Waals surface area contributed by atoms with Crippen LogP contribution in [-0.4, -0.2) is 21.9 Å². The zero-order chi connectivity index (χ0) is 20.8. The van der Waals surface area contributed by atoms with Crippen LogP contribution in [0, 0.1) is 5.82 Å². The Bertz CT molecular complexity index is 1210. The van der Waals surface area contributed by atoms with Gasteiger partial charge in [-0.25, -0.2) is 9.07 Å². The van der Waals surface area contributed by atoms with Crippen LogP contribution in [0.4, 0.5) is 4.39 Å². The average molecular weight is 417 g/mol. The van der Waals surface area contributed by atoms with Crippen LogP contribution >= 0.6 is 11.3 Å². The highest BCUT2D eigenvalue weighted by atomic mass is 32.1. The molecule has 0 aliphatic rings. The Balaban J connectivity index is 1.75. The van der Waals surface area contributed by atoms with E-state index in [-0.39, 0.29) is 5.82 Å². The smallest absolute Gasteiger partial charge is 0.206 e. The molecule has 30 heavy (non-hydrogen) atoms. The first kappa shape index (κ1) is 19.9. The van der Waals surface area contributed by atoms with Crippen LogP contribution in [0.3, 0.4) is 0 Å². The lowest BCUT2D eigenvalue weighted by atomic mass is 10.1. The molecule has 0 unspecified atom stereocenters. The lowest BCUT2D eigenvalue weighted by Crippen LogP contribution is -2.15. The molecule has 0 atom stereocenters. The summed E-state index contributed by atoms with van der Waals surface area (Å²) < 4.78 is 16.2. The number of benzene rings is 2. The number of aromatic nitrogens is 2. The number of halogens is 1. The van der Waals surface area contributed by atoms with Gasteiger partial charge in [-0.1, -0.05) is 48.5 Å². The summed E-state index contributed by atoms with van der Waals surface area (Å²) in [7, 11) is 0. The topological polar surface area (TPSA) is 42.5 Å². The molecular weight excluding hydrogens is 395 g/mol. The van der Waals surface area contributed by atoms with Gasteiger partial charge in [-0.3, -0.25) is 9.98 Å². The maximum atomic E-state index is 14.5. The first-order chi connectivity index (χ1) is 14.7. The Morgan fingerprint density at radius 1 is 1.03 bits per heavy atom. The van der Waals surface area contributed by atoms with Crippen LogP contribution in [0.5, 0.6) is 0 Å². The molecule has 6 heteroatoms. The predicted octanol–water partition coefficient (Wildman–Crippen LogP) is 5.17. The van der Waals surface area contributed by atoms with Crippen molar-refractivity contribution < 1.29 is 4.39 Å². The van der Waals surface area contributed by atoms with Crippen LogP contribution in [-0.2, 0) is 6.42 Å². The molecule has 0 fully saturated rings. The van der Waals surface area contributed by atoms with Gasteiger partial charge < -0.3 is 0 Å². The van der Waals surface area contributed by atoms with Crippen LogP contribution in [0.15, 0.2) is 94.6 Å². The summed E-state index contributed by atoms with van der Waals surface area (Å²) in [4.78, 5) is 9.65. The maximum absolute atomic E-state index is 14.5. The molecule has 4 rings (SSSR count). The summed E-state index contributed by atoms with van der Waals surface area (Å²) in [5.41, 5.74) is 4.10. The van der Waals surface area contributed by atoms with Crippen molar-refractivity contribution >= 4 is 17.0 Å². The minimum Gasteiger partial charge on any atom is -0.264 e. The second-order valence-corrected chi connectivity index (χ2v) is 7.58. The molecule has 2 heterocycles. The molecule has 0 bridgehead atoms. The van der Waals surface area contributed by atoms with Crippen molar-refractivity contribution in [1.82, 2.24) is 9.66 Å². The Hall–Kier alpha value is -3.38. The Kier molecular flexibility index (Phi) is 6.25. The van der Waals surface area contributed by atoms with Gasteiger partial charge in [0.2, 0.25) is 4.80 Å². The van der Waals surface area contributed by atoms with Gasteiger partial charge in [-0.2, -0.15) is 5.10 Å². The number of rotatable bonds is 6. The lowest BCUT2D eigenvalue weighted by Gasteiger charge is -2.07. The second kappa shape index (κ2) is 9.41. The SMILES string of the molecule is CC(=Nn1c(-c2ccccc2F)csc1=NCCc1ccccc1)c1cccnc1. The highest BCUT2D eigenvalue weighted by Gasteiger charge is 2.12. The van der Waals surface area contributed by atoms with Gasteiger partial charge in [-0.05, 0) is 37.1 Å². The largest absolute Gasteiger partial charge is 0.264 e. The molecule has 0 N–H and O–H groups in total. The molecule has 2 aromatic carbocycles. The van der Waals surface area contributed by atoms with E-state index in [1.165, 1.54) is 23.0 Å². The third kappa shape index (κ3) is 4.60. The highest BCUT2D eigenvalue weighted by molar-refractivity contribution is 7.07. The molecule has 4 aromatic rings. The second-order valence-electron chi connectivity index (χ2n) is 6.74. The third-order valence-corrected chi connectivity index (χ3v) is 5.51. The fourth-order valence-corrected chi connectivity index (χ4v) is 3.92. The summed E-state index contributed by atoms with van der Waals surface area (Å²) in [6.45, 7) is 2.54. The van der Waals surface area contributed by atoms with Crippen molar-refractivity contribution in [3.8, 4) is 11.3 Å². The van der Waals surface area contributed by atoms with Gasteiger partial charge in [0, 0.05) is 35.4 Å². The van der Waals surface area contributed by atoms with Crippen molar-refractivity contribution in [3.05, 3.63) is 106 Å². The van der Waals surface area contributed by atoms with Crippen molar-refractivity contribution in [2.45, 2.75) is 13.3 Å². The number of pyridine rings is 1. The number of hydrogen-bond acceptors (Lipinski definition) is 4. The zero-order valence-corrected chi connectivity index (χ0v) is 17.4. The van der Waals surface area contributed by atoms with Crippen LogP contribution in [0.1, 0.15) is 18.1 Å². The quantitative estimate of drug-likeness (QED) is 0.400. The maximum Gasteiger partial charge on any atom is 0.206 e. The van der Waals surface area contributed by atoms with Crippen molar-refractivity contribution in [2.75, 3.05) is 6.54 Å². The standard InChI is InChI=1S/C24H21FN4S/c1-18(20-10-7-14-26-16-20)28-29-23(21-11-5-6-12-22(21)25)17-30-24(29)27-15-13-19-8-3-2-4-9-19/h2-12,14,16-17H,13,15H2,1H3. The molecule has 0 spiro atoms. The van der Waals surface area contributed by atoms with Gasteiger partial charge in [0.1, 0.15) is 5.82 Å². The zero-order valence-electron chi connectivity index (χ0n) is 16.6. The minimum absolute atomic E-state index is 0.283. The van der Waals surface area contributed by atoms with Crippen LogP contribution in [0.2, 0.25) is 0 Å². The van der Waals surface area contributed by atoms with Gasteiger partial charge in [0.05, 0.1) is 11.4 Å². The van der Waals surface area contributed by atoms with E-state index in [9.17, 15) is 4.39 Å². The molecule has 150 valence electrons. The van der Waals surface area contributed by atoms with Gasteiger partial charge in [-0.15, -0.1) is 11.3 Å². The predicted molar refractivity (Wildman–Crippen MR) is 120 cm³/mol. The molecule has 0 radical (unpaired) electrons. The van der Waals surface area contributed by atoms with Crippen molar-refractivity contribution in [3.63, 3.8) is 0 Å². The summed E-state index contributed by atoms with van der Waals surface area (Å²) in [6, 6.07) is 20.8. The third-order valence-electron chi connectivity index (χ3n) is 4.65. The van der Waals surface area contributed by atoms with E-state index >= 15 is 0 Å². The van der Waals surface area contributed by atoms with E-state index in [1.807, 2.05) is 48.7 Å². The summed E-state index contributed by atoms with van der Waals surface area (Å²) in [5.74, 6) is -0.283. The van der Waals surface area contributed by atoms with E-state index in [1.54, 1.807) is 29.2 Å². The molecule has 0 amide bonds. The van der Waals surface area contributed by atoms with Gasteiger partial charge in [0.25, 0.3) is 0 Å². The summed E-state index contributed by atoms with van der Waals surface area (Å²) in [6.07, 6.45) is 4.32. The average Bonchev–Trinajstić information content (AvgIpc) is 3.17. The Labute approximate surface area is 178 Å². The Morgan fingerprint density at radius 3 is 2.60 bits per heavy atom. The highest BCUT2D eigenvalue weighted by Crippen LogP contribution is 2.23. The van der Waals surface area contributed by atoms with E-state index in [2.05, 4.69) is 17.1 Å². The first-order valence-electron chi connectivity index (χ1n) is 9.68. The molecule has 2 aromatic heterocycles. The molecule has 0 aliphatic carbocycles. The lowest BCUT2D eigenvalue weighted by molar-refractivity contribution is 0.629. The Morgan fingerprint density at radius 2 is 1.83 bits per heavy atom. The van der Waals surface area contributed by atoms with E-state index < -0.39 is 0 Å². The molecule has 0 aliphatic heterocycles. The fraction of sp³-hybridized carbons (Fsp3) is 0.125. The van der Waals surface area contributed by atoms with Gasteiger partial charge in [0.15, 0.2) is 0 Å². The molecule has 0 saturated heterocycles. The summed E-state index contributed by atoms with van der Waals surface area (Å²) in [5, 5.41) is 6.68. The fourth-order valence-electron chi connectivity index (χ4n) is 3.07. The van der Waals surface area contributed by atoms with Crippen molar-refractivity contribution in [1.29, 1.82) is 0 Å². The number of nitrogens with zero attached hydrogens (tertiary/aromatic N) is 4. The number of thiazole rings is 1. The first-order valence-corrected chi connectivity index (χ1v) is 10.6. The van der Waals surface area contributed by atoms with Crippen LogP contribution < -0.4 is 4.80 Å². The number of hydrogen-bond donors (Lipinski definition) is 0. The summed E-state index contributed by atoms with van der Waals surface area (Å²) >= 11 is 1.46. The molecular formula is C24H21FN4S. The monoisotopic (exact) mass is 416 g/mol. The normalized spacial score (nSPS) is 12.3. The minimum atomic E-state index is -0.283. The van der Waals surface area contributed by atoms with Gasteiger partial charge >= 0.3 is 0 Å². The molecule has 0 saturated carbocycles. The van der Waals surface area contributed by atoms with Crippen molar-refractivity contribution in [2.24, 2.45) is 10.1 Å².